The number of hydrogen-bond acceptors (Lipinski definition) is 4. The number of nitrogens with one attached hydrogen (secondary N) is 1. The SMILES string of the molecule is Clc1ccc2nc(N3CCCCC3)nc(NCc3ccccc3)c2c1. The minimum atomic E-state index is 0.699. The lowest BCUT2D eigenvalue weighted by molar-refractivity contribution is 0.569. The Morgan fingerprint density at radius 1 is 0.960 bits per heavy atom. The third-order valence-electron chi connectivity index (χ3n) is 4.59. The van der Waals surface area contributed by atoms with E-state index in [-0.39, 0.29) is 0 Å². The predicted molar refractivity (Wildman–Crippen MR) is 104 cm³/mol. The maximum Gasteiger partial charge on any atom is 0.227 e. The standard InChI is InChI=1S/C20H21ClN4/c21-16-9-10-18-17(13-16)19(22-14-15-7-3-1-4-8-15)24-20(23-18)25-11-5-2-6-12-25/h1,3-4,7-10,13H,2,5-6,11-12,14H2,(H,22,23,24). The van der Waals surface area contributed by atoms with Gasteiger partial charge >= 0.3 is 0 Å². The number of benzene rings is 2. The van der Waals surface area contributed by atoms with Gasteiger partial charge in [0.25, 0.3) is 0 Å². The van der Waals surface area contributed by atoms with Crippen molar-refractivity contribution < 1.29 is 0 Å². The molecule has 0 aliphatic carbocycles. The summed E-state index contributed by atoms with van der Waals surface area (Å²) in [6.45, 7) is 2.77. The molecule has 1 N–H and O–H groups in total. The molecule has 1 fully saturated rings. The fraction of sp³-hybridized carbons (Fsp3) is 0.300. The first kappa shape index (κ1) is 16.2. The van der Waals surface area contributed by atoms with Crippen LogP contribution in [0.15, 0.2) is 48.5 Å². The maximum atomic E-state index is 6.20. The molecule has 4 nitrogen and oxygen atoms in total. The number of rotatable bonds is 4. The third kappa shape index (κ3) is 3.69. The fourth-order valence-corrected chi connectivity index (χ4v) is 3.41. The highest BCUT2D eigenvalue weighted by molar-refractivity contribution is 6.31. The minimum absolute atomic E-state index is 0.699. The topological polar surface area (TPSA) is 41.1 Å². The summed E-state index contributed by atoms with van der Waals surface area (Å²) >= 11 is 6.20. The second-order valence-corrected chi connectivity index (χ2v) is 6.86. The molecule has 0 bridgehead atoms. The van der Waals surface area contributed by atoms with Crippen LogP contribution in [0.2, 0.25) is 5.02 Å². The van der Waals surface area contributed by atoms with Crippen LogP contribution < -0.4 is 10.2 Å². The van der Waals surface area contributed by atoms with Crippen molar-refractivity contribution in [3.05, 3.63) is 59.1 Å². The summed E-state index contributed by atoms with van der Waals surface area (Å²) in [5.74, 6) is 1.65. The molecule has 0 spiro atoms. The van der Waals surface area contributed by atoms with Crippen LogP contribution in [-0.2, 0) is 6.54 Å². The van der Waals surface area contributed by atoms with E-state index in [0.29, 0.717) is 5.02 Å². The van der Waals surface area contributed by atoms with E-state index in [9.17, 15) is 0 Å². The zero-order valence-corrected chi connectivity index (χ0v) is 14.8. The van der Waals surface area contributed by atoms with Crippen LogP contribution in [0.4, 0.5) is 11.8 Å². The van der Waals surface area contributed by atoms with Gasteiger partial charge in [-0.15, -0.1) is 0 Å². The Hall–Kier alpha value is -2.33. The third-order valence-corrected chi connectivity index (χ3v) is 4.82. The van der Waals surface area contributed by atoms with Crippen LogP contribution in [0.1, 0.15) is 24.8 Å². The molecule has 0 atom stereocenters. The molecule has 25 heavy (non-hydrogen) atoms. The van der Waals surface area contributed by atoms with Crippen LogP contribution in [-0.4, -0.2) is 23.1 Å². The Bertz CT molecular complexity index is 860. The minimum Gasteiger partial charge on any atom is -0.365 e. The van der Waals surface area contributed by atoms with Crippen molar-refractivity contribution in [2.75, 3.05) is 23.3 Å². The molecule has 5 heteroatoms. The summed E-state index contributed by atoms with van der Waals surface area (Å²) in [4.78, 5) is 11.9. The van der Waals surface area contributed by atoms with Gasteiger partial charge in [0.1, 0.15) is 5.82 Å². The smallest absolute Gasteiger partial charge is 0.227 e. The van der Waals surface area contributed by atoms with Crippen molar-refractivity contribution in [2.45, 2.75) is 25.8 Å². The molecule has 2 heterocycles. The van der Waals surface area contributed by atoms with Gasteiger partial charge in [0, 0.05) is 30.0 Å². The van der Waals surface area contributed by atoms with Crippen LogP contribution in [0.3, 0.4) is 0 Å². The van der Waals surface area contributed by atoms with E-state index < -0.39 is 0 Å². The van der Waals surface area contributed by atoms with Gasteiger partial charge in [-0.3, -0.25) is 0 Å². The van der Waals surface area contributed by atoms with Crippen molar-refractivity contribution in [3.8, 4) is 0 Å². The zero-order chi connectivity index (χ0) is 17.1. The molecular formula is C20H21ClN4. The van der Waals surface area contributed by atoms with E-state index in [0.717, 1.165) is 42.3 Å². The Morgan fingerprint density at radius 3 is 2.56 bits per heavy atom. The van der Waals surface area contributed by atoms with E-state index in [1.165, 1.54) is 24.8 Å². The Labute approximate surface area is 152 Å². The molecule has 2 aromatic carbocycles. The van der Waals surface area contributed by atoms with Gasteiger partial charge in [-0.25, -0.2) is 4.98 Å². The first-order chi connectivity index (χ1) is 12.3. The zero-order valence-electron chi connectivity index (χ0n) is 14.1. The molecule has 1 aromatic heterocycles. The quantitative estimate of drug-likeness (QED) is 0.726. The number of aromatic nitrogens is 2. The number of hydrogen-bond donors (Lipinski definition) is 1. The van der Waals surface area contributed by atoms with Crippen LogP contribution >= 0.6 is 11.6 Å². The van der Waals surface area contributed by atoms with Gasteiger partial charge in [-0.05, 0) is 43.0 Å². The van der Waals surface area contributed by atoms with Gasteiger partial charge in [0.2, 0.25) is 5.95 Å². The van der Waals surface area contributed by atoms with Gasteiger partial charge < -0.3 is 10.2 Å². The molecule has 1 aliphatic rings. The van der Waals surface area contributed by atoms with Crippen molar-refractivity contribution in [1.29, 1.82) is 0 Å². The fourth-order valence-electron chi connectivity index (χ4n) is 3.24. The second-order valence-electron chi connectivity index (χ2n) is 6.42. The monoisotopic (exact) mass is 352 g/mol. The highest BCUT2D eigenvalue weighted by Gasteiger charge is 2.16. The Kier molecular flexibility index (Phi) is 4.70. The van der Waals surface area contributed by atoms with Crippen molar-refractivity contribution >= 4 is 34.3 Å². The molecule has 4 rings (SSSR count). The number of fused-ring (bicyclic) bond motifs is 1. The molecule has 1 aliphatic heterocycles. The number of halogens is 1. The van der Waals surface area contributed by atoms with Gasteiger partial charge in [0.05, 0.1) is 5.52 Å². The van der Waals surface area contributed by atoms with Crippen LogP contribution in [0.5, 0.6) is 0 Å². The molecular weight excluding hydrogens is 332 g/mol. The summed E-state index contributed by atoms with van der Waals surface area (Å²) in [5.41, 5.74) is 2.14. The van der Waals surface area contributed by atoms with Gasteiger partial charge in [0.15, 0.2) is 0 Å². The van der Waals surface area contributed by atoms with E-state index >= 15 is 0 Å². The molecule has 3 aromatic rings. The molecule has 0 amide bonds. The van der Waals surface area contributed by atoms with E-state index in [1.807, 2.05) is 36.4 Å². The van der Waals surface area contributed by atoms with E-state index in [4.69, 9.17) is 21.6 Å². The second kappa shape index (κ2) is 7.28. The molecule has 1 saturated heterocycles. The van der Waals surface area contributed by atoms with Crippen molar-refractivity contribution in [3.63, 3.8) is 0 Å². The molecule has 0 saturated carbocycles. The summed E-state index contributed by atoms with van der Waals surface area (Å²) < 4.78 is 0. The maximum absolute atomic E-state index is 6.20. The van der Waals surface area contributed by atoms with E-state index in [1.54, 1.807) is 0 Å². The summed E-state index contributed by atoms with van der Waals surface area (Å²) in [6.07, 6.45) is 3.70. The average molecular weight is 353 g/mol. The van der Waals surface area contributed by atoms with Crippen molar-refractivity contribution in [1.82, 2.24) is 9.97 Å². The number of piperidine rings is 1. The Morgan fingerprint density at radius 2 is 1.76 bits per heavy atom. The van der Waals surface area contributed by atoms with Crippen LogP contribution in [0.25, 0.3) is 10.9 Å². The highest BCUT2D eigenvalue weighted by atomic mass is 35.5. The first-order valence-corrected chi connectivity index (χ1v) is 9.17. The van der Waals surface area contributed by atoms with Crippen LogP contribution in [0, 0.1) is 0 Å². The number of nitrogens with zero attached hydrogens (tertiary/aromatic N) is 3. The summed E-state index contributed by atoms with van der Waals surface area (Å²) in [6, 6.07) is 16.1. The summed E-state index contributed by atoms with van der Waals surface area (Å²) in [7, 11) is 0. The average Bonchev–Trinajstić information content (AvgIpc) is 2.67. The lowest BCUT2D eigenvalue weighted by Gasteiger charge is -2.27. The first-order valence-electron chi connectivity index (χ1n) is 8.80. The Balaban J connectivity index is 1.69. The molecule has 128 valence electrons. The van der Waals surface area contributed by atoms with Gasteiger partial charge in [-0.1, -0.05) is 41.9 Å². The van der Waals surface area contributed by atoms with E-state index in [2.05, 4.69) is 22.3 Å². The normalized spacial score (nSPS) is 14.7. The summed E-state index contributed by atoms with van der Waals surface area (Å²) in [5, 5.41) is 5.14. The lowest BCUT2D eigenvalue weighted by Crippen LogP contribution is -2.31. The van der Waals surface area contributed by atoms with Gasteiger partial charge in [-0.2, -0.15) is 4.98 Å². The lowest BCUT2D eigenvalue weighted by atomic mass is 10.1. The molecule has 0 unspecified atom stereocenters. The van der Waals surface area contributed by atoms with Crippen molar-refractivity contribution in [2.24, 2.45) is 0 Å². The highest BCUT2D eigenvalue weighted by Crippen LogP contribution is 2.28. The largest absolute Gasteiger partial charge is 0.365 e. The predicted octanol–water partition coefficient (Wildman–Crippen LogP) is 4.89. The molecule has 0 radical (unpaired) electrons. The number of anilines is 2.